The van der Waals surface area contributed by atoms with Gasteiger partial charge in [-0.1, -0.05) is 149 Å². The summed E-state index contributed by atoms with van der Waals surface area (Å²) in [6.45, 7) is 4.49. The van der Waals surface area contributed by atoms with Crippen molar-refractivity contribution in [3.8, 4) is 0 Å². The van der Waals surface area contributed by atoms with Gasteiger partial charge < -0.3 is 10.2 Å². The molecule has 0 saturated carbocycles. The summed E-state index contributed by atoms with van der Waals surface area (Å²) in [4.78, 5) is 23.3. The molecule has 0 bridgehead atoms. The van der Waals surface area contributed by atoms with E-state index in [1.165, 1.54) is 103 Å². The van der Waals surface area contributed by atoms with E-state index in [1.54, 1.807) is 0 Å². The molecule has 0 aromatic rings. The third kappa shape index (κ3) is 23.1. The van der Waals surface area contributed by atoms with Gasteiger partial charge in [-0.15, -0.1) is 0 Å². The predicted molar refractivity (Wildman–Crippen MR) is 149 cm³/mol. The van der Waals surface area contributed by atoms with Crippen LogP contribution in [0.2, 0.25) is 0 Å². The number of rotatable bonds is 28. The maximum absolute atomic E-state index is 11.7. The number of hydrogen-bond donors (Lipinski definition) is 2. The van der Waals surface area contributed by atoms with E-state index in [1.807, 2.05) is 0 Å². The molecule has 0 amide bonds. The summed E-state index contributed by atoms with van der Waals surface area (Å²) in [6, 6.07) is 0. The van der Waals surface area contributed by atoms with E-state index < -0.39 is 11.9 Å². The molecule has 0 aliphatic rings. The van der Waals surface area contributed by atoms with Crippen molar-refractivity contribution in [1.82, 2.24) is 0 Å². The first-order valence-electron chi connectivity index (χ1n) is 15.5. The number of carbonyl (C=O) groups is 2. The average Bonchev–Trinajstić information content (AvgIpc) is 2.83. The molecule has 0 aliphatic carbocycles. The molecular formula is C31H60O4. The van der Waals surface area contributed by atoms with Crippen molar-refractivity contribution in [1.29, 1.82) is 0 Å². The van der Waals surface area contributed by atoms with Crippen molar-refractivity contribution in [2.24, 2.45) is 11.8 Å². The first-order valence-corrected chi connectivity index (χ1v) is 15.5. The minimum atomic E-state index is -0.706. The Morgan fingerprint density at radius 2 is 0.629 bits per heavy atom. The van der Waals surface area contributed by atoms with Crippen LogP contribution in [0.4, 0.5) is 0 Å². The summed E-state index contributed by atoms with van der Waals surface area (Å²) in [7, 11) is 0. The van der Waals surface area contributed by atoms with Crippen LogP contribution >= 0.6 is 0 Å². The highest BCUT2D eigenvalue weighted by molar-refractivity contribution is 5.70. The second-order valence-corrected chi connectivity index (χ2v) is 10.9. The van der Waals surface area contributed by atoms with E-state index in [0.717, 1.165) is 38.5 Å². The van der Waals surface area contributed by atoms with E-state index in [4.69, 9.17) is 0 Å². The Labute approximate surface area is 218 Å². The van der Waals surface area contributed by atoms with E-state index in [9.17, 15) is 19.8 Å². The summed E-state index contributed by atoms with van der Waals surface area (Å²) in [5, 5.41) is 19.2. The summed E-state index contributed by atoms with van der Waals surface area (Å²) in [5.41, 5.74) is 0. The quantitative estimate of drug-likeness (QED) is 0.106. The first kappa shape index (κ1) is 33.9. The Balaban J connectivity index is 3.85. The SMILES string of the molecule is CCCCCCCCCCCCC(CCCC(CCCCCCCCCCCC)C(=O)O)C(=O)O. The van der Waals surface area contributed by atoms with E-state index in [2.05, 4.69) is 13.8 Å². The number of hydrogen-bond acceptors (Lipinski definition) is 2. The smallest absolute Gasteiger partial charge is 0.306 e. The standard InChI is InChI=1S/C31H60O4/c1-3-5-7-9-11-13-15-17-19-21-24-28(30(32)33)26-23-27-29(31(34)35)25-22-20-18-16-14-12-10-8-6-4-2/h28-29H,3-27H2,1-2H3,(H,32,33)(H,34,35). The van der Waals surface area contributed by atoms with Gasteiger partial charge >= 0.3 is 11.9 Å². The molecule has 2 N–H and O–H groups in total. The summed E-state index contributed by atoms with van der Waals surface area (Å²) >= 11 is 0. The van der Waals surface area contributed by atoms with Gasteiger partial charge in [0.15, 0.2) is 0 Å². The number of carboxylic acid groups (broad SMARTS) is 2. The van der Waals surface area contributed by atoms with E-state index >= 15 is 0 Å². The monoisotopic (exact) mass is 496 g/mol. The molecule has 0 rings (SSSR count). The minimum Gasteiger partial charge on any atom is -0.481 e. The maximum atomic E-state index is 11.7. The van der Waals surface area contributed by atoms with Crippen molar-refractivity contribution in [2.45, 2.75) is 174 Å². The number of unbranched alkanes of at least 4 members (excludes halogenated alkanes) is 18. The van der Waals surface area contributed by atoms with Crippen LogP contribution in [0.3, 0.4) is 0 Å². The molecule has 0 saturated heterocycles. The molecule has 0 fully saturated rings. The summed E-state index contributed by atoms with van der Waals surface area (Å²) in [6.07, 6.45) is 28.6. The van der Waals surface area contributed by atoms with Gasteiger partial charge in [-0.05, 0) is 25.7 Å². The van der Waals surface area contributed by atoms with Crippen molar-refractivity contribution in [3.05, 3.63) is 0 Å². The van der Waals surface area contributed by atoms with Crippen LogP contribution in [0.15, 0.2) is 0 Å². The summed E-state index contributed by atoms with van der Waals surface area (Å²) < 4.78 is 0. The van der Waals surface area contributed by atoms with E-state index in [-0.39, 0.29) is 11.8 Å². The highest BCUT2D eigenvalue weighted by atomic mass is 16.4. The van der Waals surface area contributed by atoms with Crippen molar-refractivity contribution < 1.29 is 19.8 Å². The fourth-order valence-electron chi connectivity index (χ4n) is 5.15. The lowest BCUT2D eigenvalue weighted by atomic mass is 9.90. The molecule has 0 spiro atoms. The Hall–Kier alpha value is -1.06. The lowest BCUT2D eigenvalue weighted by Crippen LogP contribution is -2.17. The van der Waals surface area contributed by atoms with Gasteiger partial charge in [-0.25, -0.2) is 0 Å². The molecule has 4 nitrogen and oxygen atoms in total. The second kappa shape index (κ2) is 26.0. The van der Waals surface area contributed by atoms with Gasteiger partial charge in [0.05, 0.1) is 11.8 Å². The fraction of sp³-hybridized carbons (Fsp3) is 0.935. The fourth-order valence-corrected chi connectivity index (χ4v) is 5.15. The van der Waals surface area contributed by atoms with Crippen LogP contribution in [0.5, 0.6) is 0 Å². The van der Waals surface area contributed by atoms with Crippen molar-refractivity contribution in [2.75, 3.05) is 0 Å². The molecule has 208 valence electrons. The second-order valence-electron chi connectivity index (χ2n) is 10.9. The third-order valence-corrected chi connectivity index (χ3v) is 7.62. The van der Waals surface area contributed by atoms with Crippen molar-refractivity contribution >= 4 is 11.9 Å². The molecule has 4 heteroatoms. The zero-order chi connectivity index (χ0) is 26.0. The highest BCUT2D eigenvalue weighted by Crippen LogP contribution is 2.23. The van der Waals surface area contributed by atoms with Gasteiger partial charge in [0.2, 0.25) is 0 Å². The average molecular weight is 497 g/mol. The largest absolute Gasteiger partial charge is 0.481 e. The van der Waals surface area contributed by atoms with Crippen LogP contribution in [0, 0.1) is 11.8 Å². The Kier molecular flexibility index (Phi) is 25.2. The Bertz CT molecular complexity index is 435. The predicted octanol–water partition coefficient (Wildman–Crippen LogP) is 10.2. The van der Waals surface area contributed by atoms with Crippen LogP contribution in [-0.2, 0) is 9.59 Å². The molecule has 0 heterocycles. The van der Waals surface area contributed by atoms with Crippen LogP contribution in [0.25, 0.3) is 0 Å². The first-order chi connectivity index (χ1) is 17.0. The molecule has 0 aromatic carbocycles. The summed E-state index contributed by atoms with van der Waals surface area (Å²) in [5.74, 6) is -2.03. The Morgan fingerprint density at radius 3 is 0.886 bits per heavy atom. The molecule has 0 radical (unpaired) electrons. The molecule has 2 unspecified atom stereocenters. The molecule has 0 aliphatic heterocycles. The van der Waals surface area contributed by atoms with Gasteiger partial charge in [0.1, 0.15) is 0 Å². The van der Waals surface area contributed by atoms with Crippen molar-refractivity contribution in [3.63, 3.8) is 0 Å². The zero-order valence-electron chi connectivity index (χ0n) is 23.5. The normalized spacial score (nSPS) is 13.1. The van der Waals surface area contributed by atoms with Gasteiger partial charge in [-0.2, -0.15) is 0 Å². The molecule has 2 atom stereocenters. The van der Waals surface area contributed by atoms with Gasteiger partial charge in [0.25, 0.3) is 0 Å². The van der Waals surface area contributed by atoms with Crippen LogP contribution in [0.1, 0.15) is 174 Å². The minimum absolute atomic E-state index is 0.309. The topological polar surface area (TPSA) is 74.6 Å². The third-order valence-electron chi connectivity index (χ3n) is 7.62. The molecule has 0 aromatic heterocycles. The Morgan fingerprint density at radius 1 is 0.400 bits per heavy atom. The van der Waals surface area contributed by atoms with Gasteiger partial charge in [-0.3, -0.25) is 9.59 Å². The van der Waals surface area contributed by atoms with Crippen LogP contribution < -0.4 is 0 Å². The molecular weight excluding hydrogens is 436 g/mol. The lowest BCUT2D eigenvalue weighted by Gasteiger charge is -2.15. The maximum Gasteiger partial charge on any atom is 0.306 e. The number of carboxylic acids is 2. The highest BCUT2D eigenvalue weighted by Gasteiger charge is 2.20. The van der Waals surface area contributed by atoms with Gasteiger partial charge in [0, 0.05) is 0 Å². The van der Waals surface area contributed by atoms with Crippen LogP contribution in [-0.4, -0.2) is 22.2 Å². The van der Waals surface area contributed by atoms with E-state index in [0.29, 0.717) is 19.3 Å². The molecule has 35 heavy (non-hydrogen) atoms. The lowest BCUT2D eigenvalue weighted by molar-refractivity contribution is -0.142. The number of aliphatic carboxylic acids is 2. The zero-order valence-corrected chi connectivity index (χ0v) is 23.5.